The Labute approximate surface area is 153 Å². The van der Waals surface area contributed by atoms with Crippen LogP contribution >= 0.6 is 12.2 Å². The van der Waals surface area contributed by atoms with E-state index in [1.807, 2.05) is 31.0 Å². The largest absolute Gasteiger partial charge is 0.376 e. The number of aromatic amines is 1. The standard InChI is InChI=1S/C19H25N3O2S/c1-12-6-7-13(2)17-16(12)9-14(18(23)21-17)10-22(19(25)20-3)11-15-5-4-8-24-15/h6-7,9,15H,4-5,8,10-11H2,1-3H3,(H,20,25)(H,21,23)/t15-/m1/s1. The number of nitrogens with one attached hydrogen (secondary N) is 2. The van der Waals surface area contributed by atoms with E-state index in [2.05, 4.69) is 23.3 Å². The van der Waals surface area contributed by atoms with Crippen molar-refractivity contribution in [2.24, 2.45) is 0 Å². The van der Waals surface area contributed by atoms with E-state index in [0.29, 0.717) is 18.2 Å². The molecule has 0 bridgehead atoms. The van der Waals surface area contributed by atoms with Crippen LogP contribution in [0.5, 0.6) is 0 Å². The van der Waals surface area contributed by atoms with Gasteiger partial charge in [0.2, 0.25) is 0 Å². The third-order valence-electron chi connectivity index (χ3n) is 4.83. The lowest BCUT2D eigenvalue weighted by Gasteiger charge is -2.27. The second kappa shape index (κ2) is 7.54. The second-order valence-corrected chi connectivity index (χ2v) is 7.07. The van der Waals surface area contributed by atoms with E-state index >= 15 is 0 Å². The average Bonchev–Trinajstić information content (AvgIpc) is 3.11. The third kappa shape index (κ3) is 3.85. The van der Waals surface area contributed by atoms with Crippen molar-refractivity contribution in [1.29, 1.82) is 0 Å². The van der Waals surface area contributed by atoms with Crippen LogP contribution in [0, 0.1) is 13.8 Å². The Morgan fingerprint density at radius 1 is 1.40 bits per heavy atom. The number of fused-ring (bicyclic) bond motifs is 1. The SMILES string of the molecule is CNC(=S)N(Cc1cc2c(C)ccc(C)c2[nH]c1=O)C[C@H]1CCCO1. The van der Waals surface area contributed by atoms with Crippen LogP contribution in [-0.2, 0) is 11.3 Å². The van der Waals surface area contributed by atoms with E-state index in [4.69, 9.17) is 17.0 Å². The highest BCUT2D eigenvalue weighted by molar-refractivity contribution is 7.80. The number of aryl methyl sites for hydroxylation is 2. The summed E-state index contributed by atoms with van der Waals surface area (Å²) in [6.45, 7) is 6.05. The van der Waals surface area contributed by atoms with Gasteiger partial charge in [0.15, 0.2) is 5.11 Å². The number of H-pyrrole nitrogens is 1. The van der Waals surface area contributed by atoms with E-state index in [1.165, 1.54) is 0 Å². The van der Waals surface area contributed by atoms with Gasteiger partial charge in [-0.05, 0) is 56.1 Å². The van der Waals surface area contributed by atoms with Gasteiger partial charge in [0.25, 0.3) is 5.56 Å². The Balaban J connectivity index is 1.93. The molecule has 0 amide bonds. The van der Waals surface area contributed by atoms with Gasteiger partial charge >= 0.3 is 0 Å². The Morgan fingerprint density at radius 2 is 2.16 bits per heavy atom. The van der Waals surface area contributed by atoms with E-state index in [0.717, 1.165) is 47.0 Å². The van der Waals surface area contributed by atoms with E-state index < -0.39 is 0 Å². The van der Waals surface area contributed by atoms with E-state index in [-0.39, 0.29) is 11.7 Å². The molecule has 1 aromatic heterocycles. The molecule has 1 fully saturated rings. The number of aromatic nitrogens is 1. The van der Waals surface area contributed by atoms with Gasteiger partial charge in [-0.3, -0.25) is 4.79 Å². The summed E-state index contributed by atoms with van der Waals surface area (Å²) >= 11 is 5.44. The minimum absolute atomic E-state index is 0.0579. The molecule has 1 atom stereocenters. The van der Waals surface area contributed by atoms with Crippen LogP contribution < -0.4 is 10.9 Å². The quantitative estimate of drug-likeness (QED) is 0.822. The van der Waals surface area contributed by atoms with Crippen molar-refractivity contribution in [2.75, 3.05) is 20.2 Å². The summed E-state index contributed by atoms with van der Waals surface area (Å²) < 4.78 is 5.74. The Hall–Kier alpha value is -1.92. The van der Waals surface area contributed by atoms with Crippen LogP contribution in [-0.4, -0.2) is 41.3 Å². The first kappa shape index (κ1) is 17.9. The maximum atomic E-state index is 12.6. The molecule has 2 aromatic rings. The molecule has 0 aliphatic carbocycles. The van der Waals surface area contributed by atoms with Crippen molar-refractivity contribution >= 4 is 28.2 Å². The van der Waals surface area contributed by atoms with Gasteiger partial charge in [-0.15, -0.1) is 0 Å². The zero-order valence-electron chi connectivity index (χ0n) is 15.0. The number of hydrogen-bond donors (Lipinski definition) is 2. The molecule has 0 radical (unpaired) electrons. The van der Waals surface area contributed by atoms with Crippen LogP contribution in [0.1, 0.15) is 29.5 Å². The highest BCUT2D eigenvalue weighted by Gasteiger charge is 2.21. The molecule has 1 saturated heterocycles. The van der Waals surface area contributed by atoms with Crippen LogP contribution in [0.4, 0.5) is 0 Å². The van der Waals surface area contributed by atoms with Crippen LogP contribution in [0.2, 0.25) is 0 Å². The zero-order valence-corrected chi connectivity index (χ0v) is 15.8. The van der Waals surface area contributed by atoms with Crippen molar-refractivity contribution in [1.82, 2.24) is 15.2 Å². The molecule has 1 aliphatic heterocycles. The molecule has 0 unspecified atom stereocenters. The lowest BCUT2D eigenvalue weighted by molar-refractivity contribution is 0.0898. The van der Waals surface area contributed by atoms with Crippen molar-refractivity contribution in [2.45, 2.75) is 39.3 Å². The molecule has 2 heterocycles. The summed E-state index contributed by atoms with van der Waals surface area (Å²) in [4.78, 5) is 17.7. The minimum atomic E-state index is -0.0579. The summed E-state index contributed by atoms with van der Waals surface area (Å²) in [5.74, 6) is 0. The smallest absolute Gasteiger partial charge is 0.253 e. The molecule has 134 valence electrons. The van der Waals surface area contributed by atoms with Crippen LogP contribution in [0.15, 0.2) is 23.0 Å². The van der Waals surface area contributed by atoms with Gasteiger partial charge in [-0.2, -0.15) is 0 Å². The van der Waals surface area contributed by atoms with Gasteiger partial charge in [0.05, 0.1) is 18.2 Å². The number of hydrogen-bond acceptors (Lipinski definition) is 3. The molecule has 3 rings (SSSR count). The third-order valence-corrected chi connectivity index (χ3v) is 5.29. The highest BCUT2D eigenvalue weighted by Crippen LogP contribution is 2.21. The molecular formula is C19H25N3O2S. The number of ether oxygens (including phenoxy) is 1. The van der Waals surface area contributed by atoms with Gasteiger partial charge in [-0.25, -0.2) is 0 Å². The van der Waals surface area contributed by atoms with Crippen molar-refractivity contribution in [3.63, 3.8) is 0 Å². The molecule has 0 saturated carbocycles. The Kier molecular flexibility index (Phi) is 5.39. The Morgan fingerprint density at radius 3 is 2.84 bits per heavy atom. The molecule has 1 aliphatic rings. The normalized spacial score (nSPS) is 17.0. The monoisotopic (exact) mass is 359 g/mol. The molecular weight excluding hydrogens is 334 g/mol. The van der Waals surface area contributed by atoms with Crippen molar-refractivity contribution in [3.8, 4) is 0 Å². The first-order valence-electron chi connectivity index (χ1n) is 8.70. The predicted octanol–water partition coefficient (Wildman–Crippen LogP) is 2.63. The zero-order chi connectivity index (χ0) is 18.0. The summed E-state index contributed by atoms with van der Waals surface area (Å²) in [6, 6.07) is 6.12. The lowest BCUT2D eigenvalue weighted by atomic mass is 10.0. The minimum Gasteiger partial charge on any atom is -0.376 e. The summed E-state index contributed by atoms with van der Waals surface area (Å²) in [5.41, 5.74) is 3.80. The van der Waals surface area contributed by atoms with Gasteiger partial charge < -0.3 is 19.9 Å². The molecule has 2 N–H and O–H groups in total. The number of nitrogens with zero attached hydrogens (tertiary/aromatic N) is 1. The summed E-state index contributed by atoms with van der Waals surface area (Å²) in [6.07, 6.45) is 2.30. The van der Waals surface area contributed by atoms with E-state index in [1.54, 1.807) is 0 Å². The van der Waals surface area contributed by atoms with Crippen LogP contribution in [0.25, 0.3) is 10.9 Å². The van der Waals surface area contributed by atoms with Crippen molar-refractivity contribution in [3.05, 3.63) is 45.2 Å². The first-order valence-corrected chi connectivity index (χ1v) is 9.11. The van der Waals surface area contributed by atoms with Gasteiger partial charge in [0.1, 0.15) is 0 Å². The fraction of sp³-hybridized carbons (Fsp3) is 0.474. The Bertz CT molecular complexity index is 840. The molecule has 25 heavy (non-hydrogen) atoms. The average molecular weight is 359 g/mol. The second-order valence-electron chi connectivity index (χ2n) is 6.68. The summed E-state index contributed by atoms with van der Waals surface area (Å²) in [7, 11) is 1.81. The predicted molar refractivity (Wildman–Crippen MR) is 105 cm³/mol. The number of rotatable bonds is 4. The maximum absolute atomic E-state index is 12.6. The lowest BCUT2D eigenvalue weighted by Crippen LogP contribution is -2.42. The topological polar surface area (TPSA) is 57.4 Å². The highest BCUT2D eigenvalue weighted by atomic mass is 32.1. The van der Waals surface area contributed by atoms with E-state index in [9.17, 15) is 4.79 Å². The molecule has 1 aromatic carbocycles. The molecule has 5 nitrogen and oxygen atoms in total. The molecule has 0 spiro atoms. The fourth-order valence-corrected chi connectivity index (χ4v) is 3.49. The molecule has 6 heteroatoms. The number of pyridine rings is 1. The van der Waals surface area contributed by atoms with Gasteiger partial charge in [-0.1, -0.05) is 12.1 Å². The fourth-order valence-electron chi connectivity index (χ4n) is 3.35. The summed E-state index contributed by atoms with van der Waals surface area (Å²) in [5, 5.41) is 4.75. The first-order chi connectivity index (χ1) is 12.0. The number of benzene rings is 1. The maximum Gasteiger partial charge on any atom is 0.253 e. The van der Waals surface area contributed by atoms with Crippen molar-refractivity contribution < 1.29 is 4.74 Å². The van der Waals surface area contributed by atoms with Gasteiger partial charge in [0, 0.05) is 31.1 Å². The number of thiocarbonyl (C=S) groups is 1. The van der Waals surface area contributed by atoms with Crippen LogP contribution in [0.3, 0.4) is 0 Å².